The van der Waals surface area contributed by atoms with Crippen LogP contribution in [0.3, 0.4) is 0 Å². The molecule has 0 spiro atoms. The summed E-state index contributed by atoms with van der Waals surface area (Å²) in [6.07, 6.45) is 6.68. The largest absolute Gasteiger partial charge is 0.489 e. The first kappa shape index (κ1) is 23.7. The maximum atomic E-state index is 15.6. The number of hydrogen-bond acceptors (Lipinski definition) is 5. The number of nitrogens with zero attached hydrogens (tertiary/aromatic N) is 7. The number of rotatable bonds is 5. The fraction of sp³-hybridized carbons (Fsp3) is 0.214. The molecule has 0 unspecified atom stereocenters. The minimum atomic E-state index is -0.392. The Bertz CT molecular complexity index is 1890. The number of aromatic nitrogens is 7. The predicted molar refractivity (Wildman–Crippen MR) is 144 cm³/mol. The van der Waals surface area contributed by atoms with E-state index in [2.05, 4.69) is 10.1 Å². The lowest BCUT2D eigenvalue weighted by molar-refractivity contribution is 0.244. The Kier molecular flexibility index (Phi) is 5.41. The Morgan fingerprint density at radius 3 is 2.47 bits per heavy atom. The van der Waals surface area contributed by atoms with Gasteiger partial charge in [-0.15, -0.1) is 0 Å². The predicted octanol–water partition coefficient (Wildman–Crippen LogP) is 4.60. The number of fused-ring (bicyclic) bond motifs is 2. The van der Waals surface area contributed by atoms with Gasteiger partial charge in [-0.25, -0.2) is 14.2 Å². The summed E-state index contributed by atoms with van der Waals surface area (Å²) in [5.41, 5.74) is 4.92. The van der Waals surface area contributed by atoms with Crippen LogP contribution in [0.5, 0.6) is 5.75 Å². The van der Waals surface area contributed by atoms with Crippen LogP contribution in [0.2, 0.25) is 0 Å². The number of aryl methyl sites for hydroxylation is 3. The van der Waals surface area contributed by atoms with E-state index in [1.54, 1.807) is 65.8 Å². The van der Waals surface area contributed by atoms with E-state index >= 15 is 4.39 Å². The van der Waals surface area contributed by atoms with E-state index in [9.17, 15) is 4.79 Å². The van der Waals surface area contributed by atoms with E-state index in [4.69, 9.17) is 9.72 Å². The molecule has 4 heterocycles. The molecule has 6 rings (SSSR count). The number of imidazole rings is 2. The molecule has 0 amide bonds. The van der Waals surface area contributed by atoms with Gasteiger partial charge in [-0.3, -0.25) is 23.4 Å². The molecule has 38 heavy (non-hydrogen) atoms. The van der Waals surface area contributed by atoms with Crippen molar-refractivity contribution >= 4 is 22.1 Å². The summed E-state index contributed by atoms with van der Waals surface area (Å²) >= 11 is 0. The highest BCUT2D eigenvalue weighted by atomic mass is 19.1. The van der Waals surface area contributed by atoms with Crippen molar-refractivity contribution in [3.63, 3.8) is 0 Å². The Morgan fingerprint density at radius 2 is 1.79 bits per heavy atom. The van der Waals surface area contributed by atoms with Gasteiger partial charge < -0.3 is 4.74 Å². The van der Waals surface area contributed by atoms with Crippen molar-refractivity contribution in [1.29, 1.82) is 0 Å². The van der Waals surface area contributed by atoms with Crippen LogP contribution in [0.4, 0.5) is 4.39 Å². The molecule has 10 heteroatoms. The lowest BCUT2D eigenvalue weighted by Crippen LogP contribution is -2.19. The molecule has 0 saturated heterocycles. The SMILES string of the molecule is CC(C)Oc1cc(-n2c(-c3cccnc3)nc3cc(-c4cnn(C)c4)c(F)cc32)cc2c1n(C)c(=O)n2C. The van der Waals surface area contributed by atoms with Crippen LogP contribution in [0.1, 0.15) is 13.8 Å². The van der Waals surface area contributed by atoms with Crippen molar-refractivity contribution in [1.82, 2.24) is 33.4 Å². The Labute approximate surface area is 217 Å². The Balaban J connectivity index is 1.69. The molecule has 0 bridgehead atoms. The summed E-state index contributed by atoms with van der Waals surface area (Å²) in [5.74, 6) is 0.752. The van der Waals surface area contributed by atoms with E-state index in [0.717, 1.165) is 5.56 Å². The first-order valence-corrected chi connectivity index (χ1v) is 12.2. The van der Waals surface area contributed by atoms with Crippen molar-refractivity contribution in [2.75, 3.05) is 0 Å². The molecule has 9 nitrogen and oxygen atoms in total. The van der Waals surface area contributed by atoms with E-state index in [0.29, 0.717) is 50.5 Å². The van der Waals surface area contributed by atoms with Crippen LogP contribution in [0.25, 0.3) is 50.3 Å². The molecule has 6 aromatic rings. The molecule has 2 aromatic carbocycles. The fourth-order valence-corrected chi connectivity index (χ4v) is 4.90. The molecule has 0 aliphatic rings. The van der Waals surface area contributed by atoms with Crippen LogP contribution >= 0.6 is 0 Å². The van der Waals surface area contributed by atoms with Gasteiger partial charge in [0.15, 0.2) is 0 Å². The fourth-order valence-electron chi connectivity index (χ4n) is 4.90. The maximum absolute atomic E-state index is 15.6. The van der Waals surface area contributed by atoms with Gasteiger partial charge in [0, 0.05) is 68.6 Å². The van der Waals surface area contributed by atoms with Gasteiger partial charge in [-0.2, -0.15) is 5.10 Å². The van der Waals surface area contributed by atoms with Gasteiger partial charge in [0.2, 0.25) is 0 Å². The van der Waals surface area contributed by atoms with Crippen molar-refractivity contribution in [2.24, 2.45) is 21.1 Å². The van der Waals surface area contributed by atoms with Crippen molar-refractivity contribution in [3.05, 3.63) is 77.5 Å². The lowest BCUT2D eigenvalue weighted by atomic mass is 10.1. The molecule has 4 aromatic heterocycles. The number of ether oxygens (including phenoxy) is 1. The molecule has 0 radical (unpaired) electrons. The van der Waals surface area contributed by atoms with Crippen LogP contribution in [-0.2, 0) is 21.1 Å². The number of hydrogen-bond donors (Lipinski definition) is 0. The second kappa shape index (κ2) is 8.69. The summed E-state index contributed by atoms with van der Waals surface area (Å²) < 4.78 is 28.4. The highest BCUT2D eigenvalue weighted by Crippen LogP contribution is 2.36. The molecular formula is C28H26FN7O2. The van der Waals surface area contributed by atoms with E-state index < -0.39 is 5.82 Å². The third kappa shape index (κ3) is 3.68. The summed E-state index contributed by atoms with van der Waals surface area (Å²) in [6, 6.07) is 10.7. The van der Waals surface area contributed by atoms with Crippen LogP contribution < -0.4 is 10.4 Å². The Hall–Kier alpha value is -4.73. The summed E-state index contributed by atoms with van der Waals surface area (Å²) in [5, 5.41) is 4.18. The first-order chi connectivity index (χ1) is 18.2. The van der Waals surface area contributed by atoms with Gasteiger partial charge in [-0.1, -0.05) is 0 Å². The Morgan fingerprint density at radius 1 is 0.974 bits per heavy atom. The van der Waals surface area contributed by atoms with E-state index in [1.807, 2.05) is 42.7 Å². The molecular weight excluding hydrogens is 485 g/mol. The minimum absolute atomic E-state index is 0.124. The quantitative estimate of drug-likeness (QED) is 0.338. The monoisotopic (exact) mass is 511 g/mol. The third-order valence-corrected chi connectivity index (χ3v) is 6.61. The second-order valence-corrected chi connectivity index (χ2v) is 9.61. The van der Waals surface area contributed by atoms with Gasteiger partial charge in [-0.05, 0) is 38.1 Å². The van der Waals surface area contributed by atoms with E-state index in [1.165, 1.54) is 6.07 Å². The second-order valence-electron chi connectivity index (χ2n) is 9.61. The minimum Gasteiger partial charge on any atom is -0.489 e. The van der Waals surface area contributed by atoms with Crippen LogP contribution in [0, 0.1) is 5.82 Å². The van der Waals surface area contributed by atoms with Crippen molar-refractivity contribution in [3.8, 4) is 34.0 Å². The molecule has 0 saturated carbocycles. The normalized spacial score (nSPS) is 11.8. The average Bonchev–Trinajstić information content (AvgIpc) is 3.55. The molecule has 0 aliphatic carbocycles. The smallest absolute Gasteiger partial charge is 0.328 e. The summed E-state index contributed by atoms with van der Waals surface area (Å²) in [6.45, 7) is 3.87. The molecule has 192 valence electrons. The van der Waals surface area contributed by atoms with Gasteiger partial charge in [0.25, 0.3) is 0 Å². The number of benzene rings is 2. The molecule has 0 N–H and O–H groups in total. The maximum Gasteiger partial charge on any atom is 0.328 e. The first-order valence-electron chi connectivity index (χ1n) is 12.2. The van der Waals surface area contributed by atoms with Crippen LogP contribution in [-0.4, -0.2) is 39.6 Å². The summed E-state index contributed by atoms with van der Waals surface area (Å²) in [7, 11) is 5.24. The van der Waals surface area contributed by atoms with Gasteiger partial charge in [0.1, 0.15) is 22.9 Å². The summed E-state index contributed by atoms with van der Waals surface area (Å²) in [4.78, 5) is 22.0. The lowest BCUT2D eigenvalue weighted by Gasteiger charge is -2.16. The number of halogens is 1. The van der Waals surface area contributed by atoms with Crippen molar-refractivity contribution < 1.29 is 9.13 Å². The number of pyridine rings is 1. The zero-order chi connectivity index (χ0) is 26.7. The van der Waals surface area contributed by atoms with Gasteiger partial charge >= 0.3 is 5.69 Å². The molecule has 0 aliphatic heterocycles. The third-order valence-electron chi connectivity index (χ3n) is 6.61. The highest BCUT2D eigenvalue weighted by Gasteiger charge is 2.22. The van der Waals surface area contributed by atoms with Gasteiger partial charge in [0.05, 0.1) is 34.5 Å². The van der Waals surface area contributed by atoms with E-state index in [-0.39, 0.29) is 11.8 Å². The van der Waals surface area contributed by atoms with Crippen LogP contribution in [0.15, 0.2) is 66.0 Å². The zero-order valence-corrected chi connectivity index (χ0v) is 21.7. The standard InChI is InChI=1S/C28H26FN7O2/c1-16(2)38-25-10-19(9-24-26(25)35(5)28(37)34(24)4)36-23-12-21(29)20(18-14-31-33(3)15-18)11-22(23)32-27(36)17-7-6-8-30-13-17/h6-16H,1-5H3. The topological polar surface area (TPSA) is 84.7 Å². The molecule has 0 fully saturated rings. The zero-order valence-electron chi connectivity index (χ0n) is 21.7. The van der Waals surface area contributed by atoms with Crippen molar-refractivity contribution in [2.45, 2.75) is 20.0 Å². The average molecular weight is 512 g/mol. The highest BCUT2D eigenvalue weighted by molar-refractivity contribution is 5.90. The molecule has 0 atom stereocenters.